The van der Waals surface area contributed by atoms with Crippen LogP contribution in [0.15, 0.2) is 12.1 Å². The highest BCUT2D eigenvalue weighted by Gasteiger charge is 2.27. The highest BCUT2D eigenvalue weighted by Crippen LogP contribution is 2.41. The van der Waals surface area contributed by atoms with E-state index in [0.29, 0.717) is 22.6 Å². The molecule has 0 aromatic heterocycles. The first-order valence-electron chi connectivity index (χ1n) is 6.84. The van der Waals surface area contributed by atoms with Crippen LogP contribution in [0.25, 0.3) is 0 Å². The van der Waals surface area contributed by atoms with Crippen LogP contribution in [0.5, 0.6) is 11.5 Å². The second-order valence-electron chi connectivity index (χ2n) is 5.03. The number of nitrogens with one attached hydrogen (secondary N) is 1. The minimum absolute atomic E-state index is 0.342. The van der Waals surface area contributed by atoms with Crippen LogP contribution in [0.3, 0.4) is 0 Å². The molecule has 19 heavy (non-hydrogen) atoms. The Labute approximate surface area is 120 Å². The number of ether oxygens (including phenoxy) is 2. The maximum atomic E-state index is 6.28. The zero-order valence-electron chi connectivity index (χ0n) is 11.8. The summed E-state index contributed by atoms with van der Waals surface area (Å²) in [7, 11) is 3.25. The fourth-order valence-electron chi connectivity index (χ4n) is 2.41. The van der Waals surface area contributed by atoms with Gasteiger partial charge in [-0.2, -0.15) is 0 Å². The highest BCUT2D eigenvalue weighted by atomic mass is 35.5. The van der Waals surface area contributed by atoms with Crippen LogP contribution in [-0.4, -0.2) is 20.8 Å². The van der Waals surface area contributed by atoms with Crippen LogP contribution in [0.1, 0.15) is 37.8 Å². The van der Waals surface area contributed by atoms with Crippen molar-refractivity contribution in [3.63, 3.8) is 0 Å². The molecule has 1 aromatic rings. The molecule has 1 fully saturated rings. The predicted octanol–water partition coefficient (Wildman–Crippen LogP) is 3.81. The van der Waals surface area contributed by atoms with Crippen LogP contribution in [-0.2, 0) is 0 Å². The molecule has 0 spiro atoms. The smallest absolute Gasteiger partial charge is 0.179 e. The Morgan fingerprint density at radius 2 is 2.05 bits per heavy atom. The first kappa shape index (κ1) is 14.5. The molecule has 1 aliphatic rings. The van der Waals surface area contributed by atoms with Gasteiger partial charge in [0.05, 0.1) is 19.2 Å². The highest BCUT2D eigenvalue weighted by molar-refractivity contribution is 6.32. The van der Waals surface area contributed by atoms with Crippen molar-refractivity contribution in [3.05, 3.63) is 22.7 Å². The van der Waals surface area contributed by atoms with Crippen LogP contribution in [0.4, 0.5) is 0 Å². The Hall–Kier alpha value is -0.930. The predicted molar refractivity (Wildman–Crippen MR) is 78.3 cm³/mol. The molecule has 0 saturated heterocycles. The molecule has 1 saturated carbocycles. The summed E-state index contributed by atoms with van der Waals surface area (Å²) in [4.78, 5) is 0. The van der Waals surface area contributed by atoms with E-state index in [9.17, 15) is 0 Å². The summed E-state index contributed by atoms with van der Waals surface area (Å²) in [5, 5.41) is 4.14. The Kier molecular flexibility index (Phi) is 4.94. The molecule has 0 bridgehead atoms. The SMILES string of the molecule is CCNC(CC1CC1)c1cc(Cl)c(OC)c(OC)c1. The van der Waals surface area contributed by atoms with Gasteiger partial charge in [0.15, 0.2) is 11.5 Å². The molecular weight excluding hydrogens is 262 g/mol. The molecule has 1 aliphatic carbocycles. The first-order chi connectivity index (χ1) is 9.19. The molecule has 0 amide bonds. The van der Waals surface area contributed by atoms with Gasteiger partial charge >= 0.3 is 0 Å². The Morgan fingerprint density at radius 1 is 1.32 bits per heavy atom. The summed E-state index contributed by atoms with van der Waals surface area (Å²) >= 11 is 6.28. The van der Waals surface area contributed by atoms with Gasteiger partial charge in [0, 0.05) is 6.04 Å². The van der Waals surface area contributed by atoms with Gasteiger partial charge in [-0.15, -0.1) is 0 Å². The average molecular weight is 284 g/mol. The van der Waals surface area contributed by atoms with Gasteiger partial charge in [0.2, 0.25) is 0 Å². The number of methoxy groups -OCH3 is 2. The molecule has 0 heterocycles. The van der Waals surface area contributed by atoms with E-state index in [1.54, 1.807) is 14.2 Å². The normalized spacial score (nSPS) is 16.2. The lowest BCUT2D eigenvalue weighted by Gasteiger charge is -2.20. The molecule has 1 aromatic carbocycles. The zero-order chi connectivity index (χ0) is 13.8. The van der Waals surface area contributed by atoms with E-state index in [2.05, 4.69) is 12.2 Å². The van der Waals surface area contributed by atoms with Gasteiger partial charge in [-0.1, -0.05) is 31.4 Å². The molecule has 3 nitrogen and oxygen atoms in total. The van der Waals surface area contributed by atoms with Crippen molar-refractivity contribution in [2.45, 2.75) is 32.2 Å². The van der Waals surface area contributed by atoms with Crippen molar-refractivity contribution in [1.82, 2.24) is 5.32 Å². The number of hydrogen-bond donors (Lipinski definition) is 1. The average Bonchev–Trinajstić information content (AvgIpc) is 3.21. The molecular formula is C15H22ClNO2. The van der Waals surface area contributed by atoms with Gasteiger partial charge in [0.25, 0.3) is 0 Å². The summed E-state index contributed by atoms with van der Waals surface area (Å²) in [6.45, 7) is 3.08. The zero-order valence-corrected chi connectivity index (χ0v) is 12.6. The van der Waals surface area contributed by atoms with E-state index in [1.807, 2.05) is 12.1 Å². The Morgan fingerprint density at radius 3 is 2.58 bits per heavy atom. The fraction of sp³-hybridized carbons (Fsp3) is 0.600. The molecule has 2 rings (SSSR count). The third-order valence-corrected chi connectivity index (χ3v) is 3.86. The fourth-order valence-corrected chi connectivity index (χ4v) is 2.71. The van der Waals surface area contributed by atoms with Crippen molar-refractivity contribution in [1.29, 1.82) is 0 Å². The summed E-state index contributed by atoms with van der Waals surface area (Å²) in [5.41, 5.74) is 1.18. The van der Waals surface area contributed by atoms with Crippen molar-refractivity contribution in [3.8, 4) is 11.5 Å². The van der Waals surface area contributed by atoms with Crippen molar-refractivity contribution in [2.24, 2.45) is 5.92 Å². The molecule has 106 valence electrons. The van der Waals surface area contributed by atoms with E-state index in [1.165, 1.54) is 24.8 Å². The lowest BCUT2D eigenvalue weighted by molar-refractivity contribution is 0.353. The van der Waals surface area contributed by atoms with Gasteiger partial charge in [-0.05, 0) is 36.6 Å². The summed E-state index contributed by atoms with van der Waals surface area (Å²) in [5.74, 6) is 2.16. The minimum atomic E-state index is 0.342. The Bertz CT molecular complexity index is 432. The largest absolute Gasteiger partial charge is 0.493 e. The summed E-state index contributed by atoms with van der Waals surface area (Å²) in [6.07, 6.45) is 3.87. The number of rotatable bonds is 7. The second kappa shape index (κ2) is 6.49. The maximum Gasteiger partial charge on any atom is 0.179 e. The van der Waals surface area contributed by atoms with Gasteiger partial charge < -0.3 is 14.8 Å². The first-order valence-corrected chi connectivity index (χ1v) is 7.22. The molecule has 4 heteroatoms. The quantitative estimate of drug-likeness (QED) is 0.825. The van der Waals surface area contributed by atoms with Gasteiger partial charge in [-0.3, -0.25) is 0 Å². The lowest BCUT2D eigenvalue weighted by atomic mass is 10.0. The molecule has 0 radical (unpaired) electrons. The van der Waals surface area contributed by atoms with E-state index in [0.717, 1.165) is 12.5 Å². The molecule has 0 aliphatic heterocycles. The number of benzene rings is 1. The van der Waals surface area contributed by atoms with Crippen molar-refractivity contribution < 1.29 is 9.47 Å². The van der Waals surface area contributed by atoms with E-state index in [-0.39, 0.29) is 0 Å². The van der Waals surface area contributed by atoms with Crippen LogP contribution in [0.2, 0.25) is 5.02 Å². The molecule has 1 unspecified atom stereocenters. The van der Waals surface area contributed by atoms with Gasteiger partial charge in [0.1, 0.15) is 0 Å². The summed E-state index contributed by atoms with van der Waals surface area (Å²) < 4.78 is 10.6. The minimum Gasteiger partial charge on any atom is -0.493 e. The monoisotopic (exact) mass is 283 g/mol. The Balaban J connectivity index is 2.27. The number of halogens is 1. The molecule has 1 atom stereocenters. The summed E-state index contributed by atoms with van der Waals surface area (Å²) in [6, 6.07) is 4.36. The maximum absolute atomic E-state index is 6.28. The van der Waals surface area contributed by atoms with Crippen molar-refractivity contribution >= 4 is 11.6 Å². The van der Waals surface area contributed by atoms with Crippen LogP contribution in [0, 0.1) is 5.92 Å². The van der Waals surface area contributed by atoms with Crippen LogP contribution >= 0.6 is 11.6 Å². The van der Waals surface area contributed by atoms with Crippen molar-refractivity contribution in [2.75, 3.05) is 20.8 Å². The van der Waals surface area contributed by atoms with E-state index >= 15 is 0 Å². The van der Waals surface area contributed by atoms with E-state index in [4.69, 9.17) is 21.1 Å². The number of hydrogen-bond acceptors (Lipinski definition) is 3. The molecule has 1 N–H and O–H groups in total. The third-order valence-electron chi connectivity index (χ3n) is 3.57. The van der Waals surface area contributed by atoms with E-state index < -0.39 is 0 Å². The topological polar surface area (TPSA) is 30.5 Å². The third kappa shape index (κ3) is 3.54. The van der Waals surface area contributed by atoms with Crippen LogP contribution < -0.4 is 14.8 Å². The van der Waals surface area contributed by atoms with Gasteiger partial charge in [-0.25, -0.2) is 0 Å². The second-order valence-corrected chi connectivity index (χ2v) is 5.43. The standard InChI is InChI=1S/C15H22ClNO2/c1-4-17-13(7-10-5-6-10)11-8-12(16)15(19-3)14(9-11)18-2/h8-10,13,17H,4-7H2,1-3H3. The lowest BCUT2D eigenvalue weighted by Crippen LogP contribution is -2.21.